The largest absolute Gasteiger partial charge is 0.369 e. The van der Waals surface area contributed by atoms with Gasteiger partial charge in [-0.2, -0.15) is 0 Å². The Morgan fingerprint density at radius 2 is 2.33 bits per heavy atom. The van der Waals surface area contributed by atoms with E-state index in [2.05, 4.69) is 18.2 Å². The second-order valence-corrected chi connectivity index (χ2v) is 5.53. The quantitative estimate of drug-likeness (QED) is 0.781. The number of nitrogens with zero attached hydrogens (tertiary/aromatic N) is 1. The molecule has 4 heteroatoms. The van der Waals surface area contributed by atoms with Gasteiger partial charge in [0.1, 0.15) is 0 Å². The molecule has 1 aliphatic rings. The molecule has 102 valence electrons. The van der Waals surface area contributed by atoms with Gasteiger partial charge in [0.15, 0.2) is 0 Å². The number of carbonyl (C=O) groups is 1. The van der Waals surface area contributed by atoms with Gasteiger partial charge in [0.25, 0.3) is 0 Å². The minimum Gasteiger partial charge on any atom is -0.369 e. The summed E-state index contributed by atoms with van der Waals surface area (Å²) in [7, 11) is 0. The molecule has 0 aliphatic carbocycles. The SMILES string of the molecule is C#C[C@H](CCC)NC(=O)N1C[C@H](C)OC(C)(C)C1. The zero-order chi connectivity index (χ0) is 13.8. The fourth-order valence-corrected chi connectivity index (χ4v) is 2.33. The highest BCUT2D eigenvalue weighted by Gasteiger charge is 2.34. The Morgan fingerprint density at radius 3 is 2.83 bits per heavy atom. The Labute approximate surface area is 110 Å². The highest BCUT2D eigenvalue weighted by Crippen LogP contribution is 2.20. The molecule has 1 N–H and O–H groups in total. The molecule has 1 aliphatic heterocycles. The maximum absolute atomic E-state index is 12.1. The predicted octanol–water partition coefficient (Wildman–Crippen LogP) is 2.00. The molecule has 1 rings (SSSR count). The molecular weight excluding hydrogens is 228 g/mol. The Bertz CT molecular complexity index is 333. The van der Waals surface area contributed by atoms with E-state index in [0.717, 1.165) is 12.8 Å². The Morgan fingerprint density at radius 1 is 1.67 bits per heavy atom. The lowest BCUT2D eigenvalue weighted by atomic mass is 10.1. The summed E-state index contributed by atoms with van der Waals surface area (Å²) >= 11 is 0. The zero-order valence-corrected chi connectivity index (χ0v) is 11.8. The van der Waals surface area contributed by atoms with E-state index in [1.807, 2.05) is 20.8 Å². The summed E-state index contributed by atoms with van der Waals surface area (Å²) < 4.78 is 5.77. The molecule has 0 saturated carbocycles. The Kier molecular flexibility index (Phi) is 5.03. The summed E-state index contributed by atoms with van der Waals surface area (Å²) in [4.78, 5) is 13.9. The van der Waals surface area contributed by atoms with Gasteiger partial charge in [-0.05, 0) is 27.2 Å². The van der Waals surface area contributed by atoms with Crippen LogP contribution in [0.3, 0.4) is 0 Å². The van der Waals surface area contributed by atoms with Crippen LogP contribution < -0.4 is 5.32 Å². The molecule has 0 radical (unpaired) electrons. The number of hydrogen-bond donors (Lipinski definition) is 1. The van der Waals surface area contributed by atoms with Gasteiger partial charge in [-0.1, -0.05) is 19.3 Å². The molecule has 0 unspecified atom stereocenters. The molecule has 0 spiro atoms. The summed E-state index contributed by atoms with van der Waals surface area (Å²) in [6.07, 6.45) is 7.23. The van der Waals surface area contributed by atoms with Crippen molar-refractivity contribution in [3.8, 4) is 12.3 Å². The van der Waals surface area contributed by atoms with Gasteiger partial charge in [-0.15, -0.1) is 6.42 Å². The lowest BCUT2D eigenvalue weighted by molar-refractivity contribution is -0.117. The van der Waals surface area contributed by atoms with Crippen LogP contribution in [-0.4, -0.2) is 41.8 Å². The van der Waals surface area contributed by atoms with Gasteiger partial charge in [0.05, 0.1) is 24.3 Å². The van der Waals surface area contributed by atoms with Crippen molar-refractivity contribution < 1.29 is 9.53 Å². The second kappa shape index (κ2) is 6.10. The van der Waals surface area contributed by atoms with Crippen LogP contribution in [-0.2, 0) is 4.74 Å². The number of morpholine rings is 1. The topological polar surface area (TPSA) is 41.6 Å². The van der Waals surface area contributed by atoms with Crippen LogP contribution in [0.4, 0.5) is 4.79 Å². The first-order valence-electron chi connectivity index (χ1n) is 6.57. The third kappa shape index (κ3) is 4.23. The van der Waals surface area contributed by atoms with Crippen molar-refractivity contribution >= 4 is 6.03 Å². The second-order valence-electron chi connectivity index (χ2n) is 5.53. The third-order valence-corrected chi connectivity index (χ3v) is 2.93. The van der Waals surface area contributed by atoms with Crippen LogP contribution in [0.1, 0.15) is 40.5 Å². The number of carbonyl (C=O) groups excluding carboxylic acids is 1. The van der Waals surface area contributed by atoms with E-state index in [9.17, 15) is 4.79 Å². The van der Waals surface area contributed by atoms with E-state index >= 15 is 0 Å². The summed E-state index contributed by atoms with van der Waals surface area (Å²) in [6.45, 7) is 9.22. The van der Waals surface area contributed by atoms with E-state index in [1.54, 1.807) is 4.90 Å². The maximum atomic E-state index is 12.1. The molecule has 2 atom stereocenters. The summed E-state index contributed by atoms with van der Waals surface area (Å²) in [5.74, 6) is 2.62. The van der Waals surface area contributed by atoms with Crippen LogP contribution in [0.15, 0.2) is 0 Å². The van der Waals surface area contributed by atoms with Crippen molar-refractivity contribution in [2.75, 3.05) is 13.1 Å². The number of amides is 2. The number of urea groups is 1. The molecular formula is C14H24N2O2. The summed E-state index contributed by atoms with van der Waals surface area (Å²) in [6, 6.07) is -0.265. The van der Waals surface area contributed by atoms with Crippen molar-refractivity contribution in [3.63, 3.8) is 0 Å². The van der Waals surface area contributed by atoms with Crippen LogP contribution in [0, 0.1) is 12.3 Å². The van der Waals surface area contributed by atoms with Crippen molar-refractivity contribution in [2.45, 2.75) is 58.3 Å². The lowest BCUT2D eigenvalue weighted by Crippen LogP contribution is -2.57. The van der Waals surface area contributed by atoms with Gasteiger partial charge in [-0.25, -0.2) is 4.79 Å². The number of nitrogens with one attached hydrogen (secondary N) is 1. The first-order chi connectivity index (χ1) is 8.38. The maximum Gasteiger partial charge on any atom is 0.318 e. The number of hydrogen-bond acceptors (Lipinski definition) is 2. The van der Waals surface area contributed by atoms with Gasteiger partial charge in [-0.3, -0.25) is 0 Å². The third-order valence-electron chi connectivity index (χ3n) is 2.93. The number of ether oxygens (including phenoxy) is 1. The van der Waals surface area contributed by atoms with E-state index in [-0.39, 0.29) is 23.8 Å². The molecule has 2 amide bonds. The van der Waals surface area contributed by atoms with Gasteiger partial charge >= 0.3 is 6.03 Å². The molecule has 18 heavy (non-hydrogen) atoms. The molecule has 0 aromatic rings. The molecule has 1 heterocycles. The number of terminal acetylenes is 1. The van der Waals surface area contributed by atoms with E-state index < -0.39 is 0 Å². The standard InChI is InChI=1S/C14H24N2O2/c1-6-8-12(7-2)15-13(17)16-9-11(3)18-14(4,5)10-16/h2,11-12H,6,8-10H2,1,3-5H3,(H,15,17)/t11-,12+/m0/s1. The van der Waals surface area contributed by atoms with Crippen molar-refractivity contribution in [2.24, 2.45) is 0 Å². The van der Waals surface area contributed by atoms with Gasteiger partial charge in [0, 0.05) is 6.54 Å². The highest BCUT2D eigenvalue weighted by atomic mass is 16.5. The first kappa shape index (κ1) is 14.8. The normalized spacial score (nSPS) is 24.2. The Balaban J connectivity index is 2.58. The molecule has 0 bridgehead atoms. The smallest absolute Gasteiger partial charge is 0.318 e. The average Bonchev–Trinajstić information content (AvgIpc) is 2.25. The monoisotopic (exact) mass is 252 g/mol. The fraction of sp³-hybridized carbons (Fsp3) is 0.786. The Hall–Kier alpha value is -1.21. The zero-order valence-electron chi connectivity index (χ0n) is 11.8. The minimum atomic E-state index is -0.300. The van der Waals surface area contributed by atoms with E-state index in [4.69, 9.17) is 11.2 Å². The predicted molar refractivity (Wildman–Crippen MR) is 72.3 cm³/mol. The summed E-state index contributed by atoms with van der Waals surface area (Å²) in [5.41, 5.74) is -0.300. The molecule has 1 saturated heterocycles. The van der Waals surface area contributed by atoms with E-state index in [0.29, 0.717) is 13.1 Å². The van der Waals surface area contributed by atoms with Crippen LogP contribution >= 0.6 is 0 Å². The summed E-state index contributed by atoms with van der Waals surface area (Å²) in [5, 5.41) is 2.89. The molecule has 0 aromatic heterocycles. The van der Waals surface area contributed by atoms with Gasteiger partial charge < -0.3 is 15.0 Å². The van der Waals surface area contributed by atoms with Crippen LogP contribution in [0.25, 0.3) is 0 Å². The van der Waals surface area contributed by atoms with Crippen LogP contribution in [0.5, 0.6) is 0 Å². The first-order valence-corrected chi connectivity index (χ1v) is 6.57. The fourth-order valence-electron chi connectivity index (χ4n) is 2.33. The van der Waals surface area contributed by atoms with E-state index in [1.165, 1.54) is 0 Å². The minimum absolute atomic E-state index is 0.0509. The van der Waals surface area contributed by atoms with Crippen LogP contribution in [0.2, 0.25) is 0 Å². The average molecular weight is 252 g/mol. The molecule has 0 aromatic carbocycles. The highest BCUT2D eigenvalue weighted by molar-refractivity contribution is 5.75. The molecule has 1 fully saturated rings. The van der Waals surface area contributed by atoms with Crippen molar-refractivity contribution in [1.82, 2.24) is 10.2 Å². The van der Waals surface area contributed by atoms with Crippen molar-refractivity contribution in [3.05, 3.63) is 0 Å². The molecule has 4 nitrogen and oxygen atoms in total. The van der Waals surface area contributed by atoms with Crippen molar-refractivity contribution in [1.29, 1.82) is 0 Å². The van der Waals surface area contributed by atoms with Gasteiger partial charge in [0.2, 0.25) is 0 Å². The lowest BCUT2D eigenvalue weighted by Gasteiger charge is -2.41. The number of rotatable bonds is 3.